The molecule has 0 radical (unpaired) electrons. The van der Waals surface area contributed by atoms with Crippen molar-refractivity contribution in [3.63, 3.8) is 0 Å². The monoisotopic (exact) mass is 923 g/mol. The fourth-order valence-electron chi connectivity index (χ4n) is 7.89. The number of phosphoric acid groups is 1. The molecule has 0 saturated carbocycles. The van der Waals surface area contributed by atoms with E-state index in [2.05, 4.69) is 50.3 Å². The molecule has 0 bridgehead atoms. The molecule has 376 valence electrons. The van der Waals surface area contributed by atoms with Gasteiger partial charge in [-0.15, -0.1) is 0 Å². The van der Waals surface area contributed by atoms with E-state index in [0.29, 0.717) is 12.8 Å². The third-order valence-corrected chi connectivity index (χ3v) is 13.0. The SMILES string of the molecule is CCCCCCC/C=C\C/C=C\CCCCCCCCCCCCCC(=O)OC(COC(=O)CCCCCCCCCCC/C=C\CCCCCCCCCC)COP(=O)(O)OCC. The second-order valence-corrected chi connectivity index (χ2v) is 19.7. The maximum absolute atomic E-state index is 12.6. The van der Waals surface area contributed by atoms with Crippen LogP contribution in [0, 0.1) is 0 Å². The van der Waals surface area contributed by atoms with Crippen LogP contribution in [0.5, 0.6) is 0 Å². The van der Waals surface area contributed by atoms with Crippen LogP contribution in [0.1, 0.15) is 278 Å². The van der Waals surface area contributed by atoms with Crippen molar-refractivity contribution in [2.24, 2.45) is 0 Å². The van der Waals surface area contributed by atoms with Gasteiger partial charge < -0.3 is 14.4 Å². The summed E-state index contributed by atoms with van der Waals surface area (Å²) in [5.41, 5.74) is 0. The van der Waals surface area contributed by atoms with Crippen molar-refractivity contribution in [2.45, 2.75) is 284 Å². The van der Waals surface area contributed by atoms with E-state index in [-0.39, 0.29) is 25.6 Å². The van der Waals surface area contributed by atoms with Crippen molar-refractivity contribution in [1.82, 2.24) is 0 Å². The first-order valence-corrected chi connectivity index (χ1v) is 28.8. The summed E-state index contributed by atoms with van der Waals surface area (Å²) in [6.45, 7) is 5.51. The molecular weight excluding hydrogens is 820 g/mol. The molecule has 1 N–H and O–H groups in total. The summed E-state index contributed by atoms with van der Waals surface area (Å²) in [4.78, 5) is 35.0. The number of esters is 2. The lowest BCUT2D eigenvalue weighted by Crippen LogP contribution is -2.29. The Hall–Kier alpha value is -1.73. The van der Waals surface area contributed by atoms with Crippen molar-refractivity contribution in [3.05, 3.63) is 36.5 Å². The molecule has 64 heavy (non-hydrogen) atoms. The molecule has 0 aliphatic rings. The van der Waals surface area contributed by atoms with E-state index in [1.165, 1.54) is 199 Å². The van der Waals surface area contributed by atoms with Crippen LogP contribution in [0.15, 0.2) is 36.5 Å². The lowest BCUT2D eigenvalue weighted by molar-refractivity contribution is -0.161. The summed E-state index contributed by atoms with van der Waals surface area (Å²) in [5, 5.41) is 0. The van der Waals surface area contributed by atoms with Gasteiger partial charge in [0.1, 0.15) is 6.61 Å². The molecule has 0 saturated heterocycles. The van der Waals surface area contributed by atoms with Crippen LogP contribution < -0.4 is 0 Å². The summed E-state index contributed by atoms with van der Waals surface area (Å²) < 4.78 is 32.9. The number of hydrogen-bond acceptors (Lipinski definition) is 7. The van der Waals surface area contributed by atoms with Crippen molar-refractivity contribution in [2.75, 3.05) is 19.8 Å². The van der Waals surface area contributed by atoms with E-state index < -0.39 is 26.5 Å². The van der Waals surface area contributed by atoms with Gasteiger partial charge in [-0.3, -0.25) is 18.6 Å². The maximum atomic E-state index is 12.6. The van der Waals surface area contributed by atoms with Crippen molar-refractivity contribution >= 4 is 19.8 Å². The number of carbonyl (C=O) groups excluding carboxylic acids is 2. The lowest BCUT2D eigenvalue weighted by atomic mass is 10.0. The molecule has 0 aliphatic carbocycles. The fraction of sp³-hybridized carbons (Fsp3) is 0.855. The maximum Gasteiger partial charge on any atom is 0.472 e. The van der Waals surface area contributed by atoms with E-state index in [4.69, 9.17) is 18.5 Å². The summed E-state index contributed by atoms with van der Waals surface area (Å²) in [6.07, 6.45) is 60.7. The molecular formula is C55H103O8P. The van der Waals surface area contributed by atoms with Crippen molar-refractivity contribution in [1.29, 1.82) is 0 Å². The Morgan fingerprint density at radius 3 is 1.12 bits per heavy atom. The molecule has 0 aromatic rings. The van der Waals surface area contributed by atoms with Gasteiger partial charge in [-0.05, 0) is 77.6 Å². The third-order valence-electron chi connectivity index (χ3n) is 11.9. The smallest absolute Gasteiger partial charge is 0.462 e. The van der Waals surface area contributed by atoms with E-state index in [1.54, 1.807) is 6.92 Å². The quantitative estimate of drug-likeness (QED) is 0.0278. The minimum absolute atomic E-state index is 0.000529. The topological polar surface area (TPSA) is 108 Å². The first kappa shape index (κ1) is 62.3. The number of hydrogen-bond donors (Lipinski definition) is 1. The Morgan fingerprint density at radius 2 is 0.750 bits per heavy atom. The number of allylic oxidation sites excluding steroid dienone is 6. The minimum Gasteiger partial charge on any atom is -0.462 e. The average molecular weight is 923 g/mol. The zero-order chi connectivity index (χ0) is 46.7. The van der Waals surface area contributed by atoms with Gasteiger partial charge >= 0.3 is 19.8 Å². The van der Waals surface area contributed by atoms with E-state index in [1.807, 2.05) is 0 Å². The molecule has 0 rings (SSSR count). The standard InChI is InChI=1S/C55H103O8P/c1-4-7-9-11-13-15-17-19-21-23-25-27-28-30-32-34-36-38-40-42-44-46-48-50-55(57)63-53(52-62-64(58,59)61-6-3)51-60-54(56)49-47-45-43-41-39-37-35-33-31-29-26-24-22-20-18-16-14-12-10-8-5-2/h17,19,23-26,53H,4-16,18,20-22,27-52H2,1-3H3,(H,58,59)/b19-17-,25-23-,26-24-. The average Bonchev–Trinajstić information content (AvgIpc) is 3.28. The number of carbonyl (C=O) groups is 2. The molecule has 0 amide bonds. The predicted octanol–water partition coefficient (Wildman–Crippen LogP) is 17.9. The normalized spacial score (nSPS) is 13.4. The van der Waals surface area contributed by atoms with Gasteiger partial charge in [-0.2, -0.15) is 0 Å². The first-order valence-electron chi connectivity index (χ1n) is 27.3. The first-order chi connectivity index (χ1) is 31.3. The summed E-state index contributed by atoms with van der Waals surface area (Å²) in [6, 6.07) is 0. The van der Waals surface area contributed by atoms with E-state index in [0.717, 1.165) is 38.5 Å². The predicted molar refractivity (Wildman–Crippen MR) is 272 cm³/mol. The summed E-state index contributed by atoms with van der Waals surface area (Å²) in [5.74, 6) is -0.791. The van der Waals surface area contributed by atoms with Gasteiger partial charge in [0.25, 0.3) is 0 Å². The highest BCUT2D eigenvalue weighted by molar-refractivity contribution is 7.47. The molecule has 0 spiro atoms. The zero-order valence-electron chi connectivity index (χ0n) is 42.2. The second kappa shape index (κ2) is 50.7. The number of phosphoric ester groups is 1. The Labute approximate surface area is 395 Å². The van der Waals surface area contributed by atoms with Crippen LogP contribution in [0.2, 0.25) is 0 Å². The van der Waals surface area contributed by atoms with Crippen LogP contribution in [-0.4, -0.2) is 42.8 Å². The fourth-order valence-corrected chi connectivity index (χ4v) is 8.65. The molecule has 8 nitrogen and oxygen atoms in total. The Kier molecular flexibility index (Phi) is 49.3. The van der Waals surface area contributed by atoms with Crippen LogP contribution in [-0.2, 0) is 32.7 Å². The minimum atomic E-state index is -4.29. The molecule has 0 aromatic heterocycles. The van der Waals surface area contributed by atoms with Crippen LogP contribution in [0.25, 0.3) is 0 Å². The van der Waals surface area contributed by atoms with Gasteiger partial charge in [0.2, 0.25) is 0 Å². The lowest BCUT2D eigenvalue weighted by Gasteiger charge is -2.19. The van der Waals surface area contributed by atoms with Gasteiger partial charge in [-0.1, -0.05) is 224 Å². The molecule has 9 heteroatoms. The molecule has 2 atom stereocenters. The molecule has 2 unspecified atom stereocenters. The van der Waals surface area contributed by atoms with Gasteiger partial charge in [0.15, 0.2) is 6.10 Å². The second-order valence-electron chi connectivity index (χ2n) is 18.2. The van der Waals surface area contributed by atoms with Crippen molar-refractivity contribution < 1.29 is 37.6 Å². The largest absolute Gasteiger partial charge is 0.472 e. The molecule has 0 heterocycles. The van der Waals surface area contributed by atoms with Crippen LogP contribution >= 0.6 is 7.82 Å². The van der Waals surface area contributed by atoms with Gasteiger partial charge in [0.05, 0.1) is 13.2 Å². The van der Waals surface area contributed by atoms with E-state index >= 15 is 0 Å². The molecule has 0 aromatic carbocycles. The molecule has 0 fully saturated rings. The molecule has 0 aliphatic heterocycles. The summed E-state index contributed by atoms with van der Waals surface area (Å²) >= 11 is 0. The van der Waals surface area contributed by atoms with Gasteiger partial charge in [-0.25, -0.2) is 4.57 Å². The highest BCUT2D eigenvalue weighted by atomic mass is 31.2. The van der Waals surface area contributed by atoms with Crippen LogP contribution in [0.3, 0.4) is 0 Å². The Balaban J connectivity index is 3.94. The van der Waals surface area contributed by atoms with E-state index in [9.17, 15) is 19.0 Å². The number of ether oxygens (including phenoxy) is 2. The third kappa shape index (κ3) is 49.7. The number of rotatable bonds is 51. The Bertz CT molecular complexity index is 1140. The Morgan fingerprint density at radius 1 is 0.422 bits per heavy atom. The van der Waals surface area contributed by atoms with Crippen molar-refractivity contribution in [3.8, 4) is 0 Å². The summed E-state index contributed by atoms with van der Waals surface area (Å²) in [7, 11) is -4.29. The van der Waals surface area contributed by atoms with Gasteiger partial charge in [0, 0.05) is 12.8 Å². The van der Waals surface area contributed by atoms with Crippen LogP contribution in [0.4, 0.5) is 0 Å². The zero-order valence-corrected chi connectivity index (χ0v) is 43.1. The highest BCUT2D eigenvalue weighted by Gasteiger charge is 2.25. The highest BCUT2D eigenvalue weighted by Crippen LogP contribution is 2.43. The number of unbranched alkanes of at least 4 members (excludes halogenated alkanes) is 33.